The second-order valence-corrected chi connectivity index (χ2v) is 5.02. The topological polar surface area (TPSA) is 72.2 Å². The molecule has 4 nitrogen and oxygen atoms in total. The Hall–Kier alpha value is -2.04. The lowest BCUT2D eigenvalue weighted by Gasteiger charge is -2.09. The maximum Gasteiger partial charge on any atom is 0.255 e. The van der Waals surface area contributed by atoms with Crippen LogP contribution in [0.15, 0.2) is 42.5 Å². The third-order valence-electron chi connectivity index (χ3n) is 2.87. The van der Waals surface area contributed by atoms with Gasteiger partial charge in [-0.2, -0.15) is 0 Å². The van der Waals surface area contributed by atoms with Gasteiger partial charge >= 0.3 is 0 Å². The van der Waals surface area contributed by atoms with E-state index in [0.29, 0.717) is 22.2 Å². The largest absolute Gasteiger partial charge is 0.366 e. The van der Waals surface area contributed by atoms with Crippen LogP contribution in [0.5, 0.6) is 0 Å². The summed E-state index contributed by atoms with van der Waals surface area (Å²) in [6, 6.07) is 11.3. The lowest BCUT2D eigenvalue weighted by molar-refractivity contribution is 0.0996. The Balaban J connectivity index is 2.22. The number of carbonyl (C=O) groups excluding carboxylic acids is 2. The number of nitrogens with one attached hydrogen (secondary N) is 1. The predicted molar refractivity (Wildman–Crippen MR) is 83.9 cm³/mol. The molecule has 108 valence electrons. The van der Waals surface area contributed by atoms with Gasteiger partial charge in [0.05, 0.1) is 10.7 Å². The first-order chi connectivity index (χ1) is 10.0. The number of amides is 2. The summed E-state index contributed by atoms with van der Waals surface area (Å²) in [5, 5.41) is 2.97. The second-order valence-electron chi connectivity index (χ2n) is 4.34. The van der Waals surface area contributed by atoms with E-state index < -0.39 is 5.91 Å². The van der Waals surface area contributed by atoms with E-state index in [2.05, 4.69) is 5.32 Å². The Kier molecular flexibility index (Phi) is 4.83. The summed E-state index contributed by atoms with van der Waals surface area (Å²) in [6.07, 6.45) is 0. The molecule has 0 aliphatic heterocycles. The van der Waals surface area contributed by atoms with E-state index in [1.165, 1.54) is 18.2 Å². The van der Waals surface area contributed by atoms with E-state index in [1.807, 2.05) is 0 Å². The van der Waals surface area contributed by atoms with Crippen molar-refractivity contribution < 1.29 is 9.59 Å². The fraction of sp³-hybridized carbons (Fsp3) is 0.0667. The number of hydrogen-bond donors (Lipinski definition) is 2. The standard InChI is InChI=1S/C15H12Cl2N2O2/c16-8-9-1-3-10(4-2-9)15(21)19-13-7-11(14(18)20)5-6-12(13)17/h1-7H,8H2,(H2,18,20)(H,19,21). The summed E-state index contributed by atoms with van der Waals surface area (Å²) in [4.78, 5) is 23.3. The molecule has 0 unspecified atom stereocenters. The van der Waals surface area contributed by atoms with Crippen LogP contribution >= 0.6 is 23.2 Å². The average molecular weight is 323 g/mol. The quantitative estimate of drug-likeness (QED) is 0.846. The number of alkyl halides is 1. The van der Waals surface area contributed by atoms with Crippen molar-refractivity contribution in [2.45, 2.75) is 5.88 Å². The van der Waals surface area contributed by atoms with E-state index >= 15 is 0 Å². The van der Waals surface area contributed by atoms with Gasteiger partial charge in [0.2, 0.25) is 5.91 Å². The molecule has 0 saturated carbocycles. The average Bonchev–Trinajstić information content (AvgIpc) is 2.49. The summed E-state index contributed by atoms with van der Waals surface area (Å²) >= 11 is 11.7. The number of benzene rings is 2. The highest BCUT2D eigenvalue weighted by Crippen LogP contribution is 2.23. The molecule has 2 amide bonds. The highest BCUT2D eigenvalue weighted by atomic mass is 35.5. The van der Waals surface area contributed by atoms with Gasteiger partial charge in [0, 0.05) is 17.0 Å². The van der Waals surface area contributed by atoms with E-state index in [9.17, 15) is 9.59 Å². The third-order valence-corrected chi connectivity index (χ3v) is 3.51. The normalized spacial score (nSPS) is 10.2. The summed E-state index contributed by atoms with van der Waals surface area (Å²) < 4.78 is 0. The minimum atomic E-state index is -0.589. The molecule has 0 heterocycles. The second kappa shape index (κ2) is 6.61. The molecule has 2 rings (SSSR count). The number of hydrogen-bond acceptors (Lipinski definition) is 2. The van der Waals surface area contributed by atoms with Crippen molar-refractivity contribution in [3.63, 3.8) is 0 Å². The SMILES string of the molecule is NC(=O)c1ccc(Cl)c(NC(=O)c2ccc(CCl)cc2)c1. The molecule has 0 atom stereocenters. The molecule has 0 aromatic heterocycles. The first-order valence-corrected chi connectivity index (χ1v) is 6.98. The zero-order chi connectivity index (χ0) is 15.4. The van der Waals surface area contributed by atoms with E-state index in [0.717, 1.165) is 5.56 Å². The Morgan fingerprint density at radius 2 is 1.67 bits per heavy atom. The van der Waals surface area contributed by atoms with Crippen LogP contribution in [-0.2, 0) is 5.88 Å². The van der Waals surface area contributed by atoms with Gasteiger partial charge in [-0.05, 0) is 35.9 Å². The smallest absolute Gasteiger partial charge is 0.255 e. The number of rotatable bonds is 4. The summed E-state index contributed by atoms with van der Waals surface area (Å²) in [5.41, 5.74) is 7.18. The summed E-state index contributed by atoms with van der Waals surface area (Å²) in [5.74, 6) is -0.540. The van der Waals surface area contributed by atoms with Crippen molar-refractivity contribution in [2.75, 3.05) is 5.32 Å². The first kappa shape index (κ1) is 15.4. The van der Waals surface area contributed by atoms with Crippen molar-refractivity contribution in [2.24, 2.45) is 5.73 Å². The van der Waals surface area contributed by atoms with Crippen LogP contribution in [-0.4, -0.2) is 11.8 Å². The molecular weight excluding hydrogens is 311 g/mol. The molecule has 0 spiro atoms. The van der Waals surface area contributed by atoms with Crippen LogP contribution in [0.25, 0.3) is 0 Å². The van der Waals surface area contributed by atoms with Gasteiger partial charge in [-0.3, -0.25) is 9.59 Å². The van der Waals surface area contributed by atoms with Crippen molar-refractivity contribution in [3.05, 3.63) is 64.2 Å². The molecule has 2 aromatic carbocycles. The van der Waals surface area contributed by atoms with Crippen molar-refractivity contribution in [1.82, 2.24) is 0 Å². The van der Waals surface area contributed by atoms with E-state index in [1.54, 1.807) is 24.3 Å². The van der Waals surface area contributed by atoms with E-state index in [-0.39, 0.29) is 11.5 Å². The number of halogens is 2. The third kappa shape index (κ3) is 3.74. The predicted octanol–water partition coefficient (Wildman–Crippen LogP) is 3.43. The fourth-order valence-electron chi connectivity index (χ4n) is 1.71. The van der Waals surface area contributed by atoms with Crippen LogP contribution in [0, 0.1) is 0 Å². The molecular formula is C15H12Cl2N2O2. The molecule has 0 aliphatic carbocycles. The van der Waals surface area contributed by atoms with Crippen LogP contribution in [0.2, 0.25) is 5.02 Å². The van der Waals surface area contributed by atoms with Crippen molar-refractivity contribution >= 4 is 40.7 Å². The van der Waals surface area contributed by atoms with Gasteiger partial charge in [-0.15, -0.1) is 11.6 Å². The highest BCUT2D eigenvalue weighted by Gasteiger charge is 2.11. The maximum absolute atomic E-state index is 12.1. The molecule has 21 heavy (non-hydrogen) atoms. The summed E-state index contributed by atoms with van der Waals surface area (Å²) in [7, 11) is 0. The number of anilines is 1. The van der Waals surface area contributed by atoms with Gasteiger partial charge < -0.3 is 11.1 Å². The molecule has 0 bridgehead atoms. The van der Waals surface area contributed by atoms with Gasteiger partial charge in [0.15, 0.2) is 0 Å². The van der Waals surface area contributed by atoms with Crippen LogP contribution < -0.4 is 11.1 Å². The van der Waals surface area contributed by atoms with Crippen LogP contribution in [0.4, 0.5) is 5.69 Å². The molecule has 0 radical (unpaired) electrons. The lowest BCUT2D eigenvalue weighted by Crippen LogP contribution is -2.14. The molecule has 2 aromatic rings. The maximum atomic E-state index is 12.1. The van der Waals surface area contributed by atoms with Crippen molar-refractivity contribution in [1.29, 1.82) is 0 Å². The Morgan fingerprint density at radius 3 is 2.24 bits per heavy atom. The van der Waals surface area contributed by atoms with E-state index in [4.69, 9.17) is 28.9 Å². The fourth-order valence-corrected chi connectivity index (χ4v) is 2.06. The first-order valence-electron chi connectivity index (χ1n) is 6.07. The monoisotopic (exact) mass is 322 g/mol. The highest BCUT2D eigenvalue weighted by molar-refractivity contribution is 6.34. The Morgan fingerprint density at radius 1 is 1.05 bits per heavy atom. The zero-order valence-corrected chi connectivity index (χ0v) is 12.4. The molecule has 0 fully saturated rings. The van der Waals surface area contributed by atoms with Gasteiger partial charge in [-0.1, -0.05) is 23.7 Å². The van der Waals surface area contributed by atoms with Crippen LogP contribution in [0.1, 0.15) is 26.3 Å². The zero-order valence-electron chi connectivity index (χ0n) is 10.9. The number of primary amides is 1. The summed E-state index contributed by atoms with van der Waals surface area (Å²) in [6.45, 7) is 0. The molecule has 3 N–H and O–H groups in total. The minimum absolute atomic E-state index is 0.271. The number of carbonyl (C=O) groups is 2. The van der Waals surface area contributed by atoms with Crippen molar-refractivity contribution in [3.8, 4) is 0 Å². The molecule has 0 saturated heterocycles. The molecule has 6 heteroatoms. The lowest BCUT2D eigenvalue weighted by atomic mass is 10.1. The number of nitrogens with two attached hydrogens (primary N) is 1. The van der Waals surface area contributed by atoms with Gasteiger partial charge in [0.25, 0.3) is 5.91 Å². The minimum Gasteiger partial charge on any atom is -0.366 e. The van der Waals surface area contributed by atoms with Gasteiger partial charge in [0.1, 0.15) is 0 Å². The Bertz CT molecular complexity index is 685. The molecule has 0 aliphatic rings. The van der Waals surface area contributed by atoms with Gasteiger partial charge in [-0.25, -0.2) is 0 Å². The van der Waals surface area contributed by atoms with Crippen LogP contribution in [0.3, 0.4) is 0 Å². The Labute approximate surface area is 131 Å².